The Labute approximate surface area is 68.8 Å². The summed E-state index contributed by atoms with van der Waals surface area (Å²) in [6, 6.07) is 1.82. The quantitative estimate of drug-likeness (QED) is 0.686. The molecule has 2 nitrogen and oxygen atoms in total. The summed E-state index contributed by atoms with van der Waals surface area (Å²) in [4.78, 5) is 8.48. The summed E-state index contributed by atoms with van der Waals surface area (Å²) in [7, 11) is 0. The average Bonchev–Trinajstić information content (AvgIpc) is 2.05. The van der Waals surface area contributed by atoms with Gasteiger partial charge in [0, 0.05) is 12.4 Å². The van der Waals surface area contributed by atoms with Crippen LogP contribution < -0.4 is 0 Å². The van der Waals surface area contributed by atoms with E-state index in [2.05, 4.69) is 32.8 Å². The number of hydrogen-bond acceptors (Lipinski definition) is 2. The summed E-state index contributed by atoms with van der Waals surface area (Å²) >= 11 is 3.46. The smallest absolute Gasteiger partial charge is 0.141 e. The van der Waals surface area contributed by atoms with E-state index in [9.17, 15) is 0 Å². The van der Waals surface area contributed by atoms with Crippen molar-refractivity contribution in [3.63, 3.8) is 0 Å². The van der Waals surface area contributed by atoms with Gasteiger partial charge in [-0.05, 0) is 12.5 Å². The van der Waals surface area contributed by atoms with Gasteiger partial charge in [-0.1, -0.05) is 22.9 Å². The molecule has 0 bridgehead atoms. The van der Waals surface area contributed by atoms with Crippen molar-refractivity contribution < 1.29 is 0 Å². The van der Waals surface area contributed by atoms with E-state index < -0.39 is 0 Å². The molecule has 0 aliphatic carbocycles. The molecular formula is C7H9BrN2. The van der Waals surface area contributed by atoms with E-state index in [0.29, 0.717) is 4.83 Å². The first-order valence-electron chi connectivity index (χ1n) is 3.25. The minimum atomic E-state index is 0.300. The van der Waals surface area contributed by atoms with Crippen LogP contribution in [0.1, 0.15) is 24.0 Å². The largest absolute Gasteiger partial charge is 0.240 e. The number of hydrogen-bond donors (Lipinski definition) is 0. The van der Waals surface area contributed by atoms with Crippen LogP contribution in [0.5, 0.6) is 0 Å². The standard InChI is InChI=1S/C7H9BrN2/c1-2-6(8)7-9-4-3-5-10-7/h3-6H,2H2,1H3/t6-/m0/s1. The van der Waals surface area contributed by atoms with E-state index in [1.165, 1.54) is 0 Å². The number of rotatable bonds is 2. The lowest BCUT2D eigenvalue weighted by Gasteiger charge is -2.01. The van der Waals surface area contributed by atoms with Crippen molar-refractivity contribution in [2.75, 3.05) is 0 Å². The normalized spacial score (nSPS) is 13.0. The summed E-state index contributed by atoms with van der Waals surface area (Å²) in [5, 5.41) is 0. The average molecular weight is 201 g/mol. The van der Waals surface area contributed by atoms with E-state index in [0.717, 1.165) is 12.2 Å². The number of aromatic nitrogens is 2. The minimum Gasteiger partial charge on any atom is -0.240 e. The predicted molar refractivity (Wildman–Crippen MR) is 44.0 cm³/mol. The Kier molecular flexibility index (Phi) is 2.81. The lowest BCUT2D eigenvalue weighted by atomic mass is 10.3. The maximum Gasteiger partial charge on any atom is 0.141 e. The van der Waals surface area contributed by atoms with Crippen LogP contribution >= 0.6 is 15.9 Å². The van der Waals surface area contributed by atoms with Crippen LogP contribution in [0, 0.1) is 0 Å². The molecule has 0 amide bonds. The Morgan fingerprint density at radius 3 is 2.60 bits per heavy atom. The molecule has 1 rings (SSSR count). The summed E-state index contributed by atoms with van der Waals surface area (Å²) in [6.45, 7) is 2.09. The third-order valence-electron chi connectivity index (χ3n) is 1.22. The molecule has 0 aliphatic heterocycles. The molecule has 0 aromatic carbocycles. The molecule has 0 unspecified atom stereocenters. The molecule has 3 heteroatoms. The first-order chi connectivity index (χ1) is 4.84. The molecular weight excluding hydrogens is 192 g/mol. The van der Waals surface area contributed by atoms with Crippen molar-refractivity contribution >= 4 is 15.9 Å². The lowest BCUT2D eigenvalue weighted by Crippen LogP contribution is -1.94. The second kappa shape index (κ2) is 3.66. The fourth-order valence-electron chi connectivity index (χ4n) is 0.655. The zero-order valence-corrected chi connectivity index (χ0v) is 7.37. The third kappa shape index (κ3) is 1.77. The van der Waals surface area contributed by atoms with Crippen LogP contribution in [0.15, 0.2) is 18.5 Å². The first-order valence-corrected chi connectivity index (χ1v) is 4.17. The Hall–Kier alpha value is -0.440. The molecule has 0 aliphatic rings. The van der Waals surface area contributed by atoms with Crippen LogP contribution in [-0.4, -0.2) is 9.97 Å². The van der Waals surface area contributed by atoms with Crippen molar-refractivity contribution in [2.24, 2.45) is 0 Å². The van der Waals surface area contributed by atoms with Crippen molar-refractivity contribution in [3.8, 4) is 0 Å². The molecule has 0 N–H and O–H groups in total. The Morgan fingerprint density at radius 1 is 1.50 bits per heavy atom. The van der Waals surface area contributed by atoms with Gasteiger partial charge in [0.15, 0.2) is 0 Å². The summed E-state index contributed by atoms with van der Waals surface area (Å²) in [6.07, 6.45) is 4.53. The molecule has 0 saturated heterocycles. The van der Waals surface area contributed by atoms with Gasteiger partial charge in [-0.25, -0.2) is 9.97 Å². The molecule has 0 saturated carbocycles. The molecule has 1 aromatic heterocycles. The molecule has 0 fully saturated rings. The van der Waals surface area contributed by atoms with E-state index in [1.54, 1.807) is 12.4 Å². The van der Waals surface area contributed by atoms with Crippen molar-refractivity contribution in [1.82, 2.24) is 9.97 Å². The first kappa shape index (κ1) is 7.66. The van der Waals surface area contributed by atoms with Gasteiger partial charge in [-0.15, -0.1) is 0 Å². The topological polar surface area (TPSA) is 25.8 Å². The fourth-order valence-corrected chi connectivity index (χ4v) is 0.891. The third-order valence-corrected chi connectivity index (χ3v) is 2.28. The van der Waals surface area contributed by atoms with Crippen LogP contribution in [-0.2, 0) is 0 Å². The Balaban J connectivity index is 2.75. The summed E-state index contributed by atoms with van der Waals surface area (Å²) < 4.78 is 0. The lowest BCUT2D eigenvalue weighted by molar-refractivity contribution is 0.826. The molecule has 1 atom stereocenters. The Bertz CT molecular complexity index is 188. The molecule has 1 heterocycles. The highest BCUT2D eigenvalue weighted by molar-refractivity contribution is 9.09. The van der Waals surface area contributed by atoms with Gasteiger partial charge in [-0.2, -0.15) is 0 Å². The van der Waals surface area contributed by atoms with Gasteiger partial charge < -0.3 is 0 Å². The molecule has 1 aromatic rings. The molecule has 0 spiro atoms. The van der Waals surface area contributed by atoms with E-state index in [1.807, 2.05) is 6.07 Å². The number of halogens is 1. The minimum absolute atomic E-state index is 0.300. The number of alkyl halides is 1. The van der Waals surface area contributed by atoms with Crippen LogP contribution in [0.2, 0.25) is 0 Å². The molecule has 0 radical (unpaired) electrons. The monoisotopic (exact) mass is 200 g/mol. The maximum absolute atomic E-state index is 4.09. The van der Waals surface area contributed by atoms with Gasteiger partial charge in [0.2, 0.25) is 0 Å². The highest BCUT2D eigenvalue weighted by atomic mass is 79.9. The van der Waals surface area contributed by atoms with Gasteiger partial charge in [0.25, 0.3) is 0 Å². The van der Waals surface area contributed by atoms with Crippen molar-refractivity contribution in [1.29, 1.82) is 0 Å². The van der Waals surface area contributed by atoms with Gasteiger partial charge in [0.05, 0.1) is 4.83 Å². The molecule has 54 valence electrons. The van der Waals surface area contributed by atoms with Gasteiger partial charge in [0.1, 0.15) is 5.82 Å². The van der Waals surface area contributed by atoms with E-state index >= 15 is 0 Å². The van der Waals surface area contributed by atoms with E-state index in [4.69, 9.17) is 0 Å². The van der Waals surface area contributed by atoms with Crippen LogP contribution in [0.4, 0.5) is 0 Å². The SMILES string of the molecule is CC[C@H](Br)c1ncccn1. The van der Waals surface area contributed by atoms with Crippen LogP contribution in [0.3, 0.4) is 0 Å². The molecule has 10 heavy (non-hydrogen) atoms. The van der Waals surface area contributed by atoms with Gasteiger partial charge in [-0.3, -0.25) is 0 Å². The van der Waals surface area contributed by atoms with E-state index in [-0.39, 0.29) is 0 Å². The zero-order valence-electron chi connectivity index (χ0n) is 5.79. The Morgan fingerprint density at radius 2 is 2.10 bits per heavy atom. The highest BCUT2D eigenvalue weighted by Gasteiger charge is 2.04. The maximum atomic E-state index is 4.09. The second-order valence-electron chi connectivity index (χ2n) is 1.98. The highest BCUT2D eigenvalue weighted by Crippen LogP contribution is 2.21. The fraction of sp³-hybridized carbons (Fsp3) is 0.429. The number of nitrogens with zero attached hydrogens (tertiary/aromatic N) is 2. The van der Waals surface area contributed by atoms with Crippen molar-refractivity contribution in [2.45, 2.75) is 18.2 Å². The summed E-state index contributed by atoms with van der Waals surface area (Å²) in [5.74, 6) is 0.866. The summed E-state index contributed by atoms with van der Waals surface area (Å²) in [5.41, 5.74) is 0. The second-order valence-corrected chi connectivity index (χ2v) is 3.09. The predicted octanol–water partition coefficient (Wildman–Crippen LogP) is 2.32. The van der Waals surface area contributed by atoms with Crippen LogP contribution in [0.25, 0.3) is 0 Å². The van der Waals surface area contributed by atoms with Gasteiger partial charge >= 0.3 is 0 Å². The zero-order chi connectivity index (χ0) is 7.40. The van der Waals surface area contributed by atoms with Crippen molar-refractivity contribution in [3.05, 3.63) is 24.3 Å².